The van der Waals surface area contributed by atoms with Crippen molar-refractivity contribution in [2.24, 2.45) is 0 Å². The third-order valence-corrected chi connectivity index (χ3v) is 3.75. The van der Waals surface area contributed by atoms with Crippen molar-refractivity contribution in [2.75, 3.05) is 13.6 Å². The molecule has 1 heterocycles. The lowest BCUT2D eigenvalue weighted by Crippen LogP contribution is -2.32. The maximum Gasteiger partial charge on any atom is 0.323 e. The van der Waals surface area contributed by atoms with Crippen molar-refractivity contribution in [2.45, 2.75) is 13.3 Å². The van der Waals surface area contributed by atoms with E-state index in [1.165, 1.54) is 18.1 Å². The average Bonchev–Trinajstić information content (AvgIpc) is 2.90. The Kier molecular flexibility index (Phi) is 4.97. The number of aromatic nitrogens is 2. The lowest BCUT2D eigenvalue weighted by atomic mass is 10.1. The molecule has 1 N–H and O–H groups in total. The Labute approximate surface area is 136 Å². The third-order valence-electron chi connectivity index (χ3n) is 3.22. The number of carboxylic acid groups (broad SMARTS) is 1. The molecule has 0 aliphatic heterocycles. The summed E-state index contributed by atoms with van der Waals surface area (Å²) >= 11 is 3.38. The van der Waals surface area contributed by atoms with Gasteiger partial charge in [0.1, 0.15) is 6.54 Å². The van der Waals surface area contributed by atoms with Gasteiger partial charge in [-0.1, -0.05) is 22.9 Å². The SMILES string of the molecule is CCc1c(C(=O)N(C)CC(=O)O)cnn1-c1ccc(Br)cc1. The number of carbonyl (C=O) groups excluding carboxylic acids is 1. The zero-order chi connectivity index (χ0) is 16.3. The minimum atomic E-state index is -1.05. The van der Waals surface area contributed by atoms with Crippen molar-refractivity contribution in [1.29, 1.82) is 0 Å². The molecule has 1 aromatic carbocycles. The lowest BCUT2D eigenvalue weighted by molar-refractivity contribution is -0.137. The van der Waals surface area contributed by atoms with E-state index < -0.39 is 5.97 Å². The largest absolute Gasteiger partial charge is 0.480 e. The van der Waals surface area contributed by atoms with Crippen LogP contribution < -0.4 is 0 Å². The summed E-state index contributed by atoms with van der Waals surface area (Å²) in [5, 5.41) is 13.1. The second kappa shape index (κ2) is 6.74. The third kappa shape index (κ3) is 3.36. The number of aliphatic carboxylic acids is 1. The predicted molar refractivity (Wildman–Crippen MR) is 85.2 cm³/mol. The maximum atomic E-state index is 12.4. The molecule has 0 saturated heterocycles. The molecule has 0 atom stereocenters. The van der Waals surface area contributed by atoms with Crippen LogP contribution in [0.4, 0.5) is 0 Å². The Hall–Kier alpha value is -2.15. The van der Waals surface area contributed by atoms with E-state index in [4.69, 9.17) is 5.11 Å². The van der Waals surface area contributed by atoms with Gasteiger partial charge in [-0.25, -0.2) is 4.68 Å². The molecular weight excluding hydrogens is 350 g/mol. The summed E-state index contributed by atoms with van der Waals surface area (Å²) in [6.45, 7) is 1.59. The number of likely N-dealkylation sites (N-methyl/N-ethyl adjacent to an activating group) is 1. The van der Waals surface area contributed by atoms with Crippen LogP contribution in [0.25, 0.3) is 5.69 Å². The molecule has 1 aromatic heterocycles. The minimum absolute atomic E-state index is 0.342. The smallest absolute Gasteiger partial charge is 0.323 e. The van der Waals surface area contributed by atoms with Gasteiger partial charge in [-0.3, -0.25) is 9.59 Å². The number of carbonyl (C=O) groups is 2. The topological polar surface area (TPSA) is 75.4 Å². The first-order valence-corrected chi connectivity index (χ1v) is 7.53. The summed E-state index contributed by atoms with van der Waals surface area (Å²) < 4.78 is 2.66. The van der Waals surface area contributed by atoms with Gasteiger partial charge in [-0.2, -0.15) is 5.10 Å². The van der Waals surface area contributed by atoms with Gasteiger partial charge >= 0.3 is 5.97 Å². The first-order valence-electron chi connectivity index (χ1n) is 6.74. The van der Waals surface area contributed by atoms with Gasteiger partial charge in [0, 0.05) is 11.5 Å². The number of benzene rings is 1. The average molecular weight is 366 g/mol. The Morgan fingerprint density at radius 2 is 1.95 bits per heavy atom. The van der Waals surface area contributed by atoms with Crippen LogP contribution >= 0.6 is 15.9 Å². The standard InChI is InChI=1S/C15H16BrN3O3/c1-3-13-12(15(22)18(2)9-14(20)21)8-17-19(13)11-6-4-10(16)5-7-11/h4-8H,3,9H2,1-2H3,(H,20,21). The van der Waals surface area contributed by atoms with Crippen LogP contribution in [0.3, 0.4) is 0 Å². The molecule has 0 saturated carbocycles. The van der Waals surface area contributed by atoms with Crippen molar-refractivity contribution in [3.05, 3.63) is 46.2 Å². The second-order valence-electron chi connectivity index (χ2n) is 4.80. The molecule has 22 heavy (non-hydrogen) atoms. The fourth-order valence-electron chi connectivity index (χ4n) is 2.18. The Bertz CT molecular complexity index is 695. The molecule has 0 aliphatic carbocycles. The van der Waals surface area contributed by atoms with E-state index in [1.807, 2.05) is 31.2 Å². The van der Waals surface area contributed by atoms with Crippen LogP contribution in [0.15, 0.2) is 34.9 Å². The van der Waals surface area contributed by atoms with E-state index in [-0.39, 0.29) is 12.5 Å². The molecule has 2 aromatic rings. The maximum absolute atomic E-state index is 12.4. The highest BCUT2D eigenvalue weighted by Crippen LogP contribution is 2.19. The van der Waals surface area contributed by atoms with Crippen molar-refractivity contribution in [3.63, 3.8) is 0 Å². The van der Waals surface area contributed by atoms with E-state index in [0.717, 1.165) is 15.9 Å². The molecule has 0 unspecified atom stereocenters. The van der Waals surface area contributed by atoms with Gasteiger partial charge in [0.05, 0.1) is 23.1 Å². The molecule has 0 fully saturated rings. The number of halogens is 1. The number of hydrogen-bond donors (Lipinski definition) is 1. The van der Waals surface area contributed by atoms with E-state index in [2.05, 4.69) is 21.0 Å². The van der Waals surface area contributed by atoms with Crippen LogP contribution in [0.5, 0.6) is 0 Å². The molecule has 116 valence electrons. The molecule has 1 amide bonds. The Morgan fingerprint density at radius 1 is 1.32 bits per heavy atom. The number of amides is 1. The highest BCUT2D eigenvalue weighted by molar-refractivity contribution is 9.10. The number of rotatable bonds is 5. The Balaban J connectivity index is 2.37. The first-order chi connectivity index (χ1) is 10.4. The Morgan fingerprint density at radius 3 is 2.50 bits per heavy atom. The summed E-state index contributed by atoms with van der Waals surface area (Å²) in [7, 11) is 1.47. The first kappa shape index (κ1) is 16.2. The summed E-state index contributed by atoms with van der Waals surface area (Å²) in [5.41, 5.74) is 2.03. The quantitative estimate of drug-likeness (QED) is 0.882. The van der Waals surface area contributed by atoms with Crippen molar-refractivity contribution >= 4 is 27.8 Å². The van der Waals surface area contributed by atoms with E-state index in [9.17, 15) is 9.59 Å². The van der Waals surface area contributed by atoms with Crippen LogP contribution in [0.2, 0.25) is 0 Å². The van der Waals surface area contributed by atoms with Crippen molar-refractivity contribution < 1.29 is 14.7 Å². The van der Waals surface area contributed by atoms with Crippen LogP contribution in [-0.4, -0.2) is 45.3 Å². The van der Waals surface area contributed by atoms with E-state index >= 15 is 0 Å². The predicted octanol–water partition coefficient (Wildman–Crippen LogP) is 2.35. The van der Waals surface area contributed by atoms with Gasteiger partial charge in [0.15, 0.2) is 0 Å². The molecule has 0 aliphatic rings. The molecule has 0 bridgehead atoms. The number of hydrogen-bond acceptors (Lipinski definition) is 3. The second-order valence-corrected chi connectivity index (χ2v) is 5.72. The minimum Gasteiger partial charge on any atom is -0.480 e. The summed E-state index contributed by atoms with van der Waals surface area (Å²) in [5.74, 6) is -1.39. The van der Waals surface area contributed by atoms with Gasteiger partial charge in [-0.05, 0) is 30.7 Å². The van der Waals surface area contributed by atoms with Crippen LogP contribution in [0.1, 0.15) is 23.0 Å². The molecule has 0 spiro atoms. The van der Waals surface area contributed by atoms with E-state index in [1.54, 1.807) is 4.68 Å². The molecule has 7 heteroatoms. The number of carboxylic acids is 1. The summed E-state index contributed by atoms with van der Waals surface area (Å²) in [6, 6.07) is 7.58. The van der Waals surface area contributed by atoms with Gasteiger partial charge in [0.2, 0.25) is 0 Å². The van der Waals surface area contributed by atoms with Crippen LogP contribution in [-0.2, 0) is 11.2 Å². The molecule has 0 radical (unpaired) electrons. The van der Waals surface area contributed by atoms with Crippen molar-refractivity contribution in [1.82, 2.24) is 14.7 Å². The van der Waals surface area contributed by atoms with Gasteiger partial charge in [-0.15, -0.1) is 0 Å². The summed E-state index contributed by atoms with van der Waals surface area (Å²) in [6.07, 6.45) is 2.10. The fraction of sp³-hybridized carbons (Fsp3) is 0.267. The van der Waals surface area contributed by atoms with Gasteiger partial charge < -0.3 is 10.0 Å². The lowest BCUT2D eigenvalue weighted by Gasteiger charge is -2.15. The monoisotopic (exact) mass is 365 g/mol. The molecule has 2 rings (SSSR count). The zero-order valence-electron chi connectivity index (χ0n) is 12.3. The highest BCUT2D eigenvalue weighted by Gasteiger charge is 2.21. The van der Waals surface area contributed by atoms with Gasteiger partial charge in [0.25, 0.3) is 5.91 Å². The fourth-order valence-corrected chi connectivity index (χ4v) is 2.44. The molecule has 6 nitrogen and oxygen atoms in total. The van der Waals surface area contributed by atoms with Crippen LogP contribution in [0, 0.1) is 0 Å². The zero-order valence-corrected chi connectivity index (χ0v) is 13.9. The normalized spacial score (nSPS) is 10.5. The summed E-state index contributed by atoms with van der Waals surface area (Å²) in [4.78, 5) is 24.3. The number of nitrogens with zero attached hydrogens (tertiary/aromatic N) is 3. The highest BCUT2D eigenvalue weighted by atomic mass is 79.9. The van der Waals surface area contributed by atoms with E-state index in [0.29, 0.717) is 12.0 Å². The van der Waals surface area contributed by atoms with Crippen molar-refractivity contribution in [3.8, 4) is 5.69 Å². The molecular formula is C15H16BrN3O3.